The lowest BCUT2D eigenvalue weighted by atomic mass is 9.94. The van der Waals surface area contributed by atoms with E-state index in [-0.39, 0.29) is 10.8 Å². The molecule has 8 heteroatoms. The van der Waals surface area contributed by atoms with Crippen LogP contribution in [-0.2, 0) is 10.0 Å². The van der Waals surface area contributed by atoms with Crippen LogP contribution in [0, 0.1) is 18.8 Å². The number of piperidine rings is 1. The van der Waals surface area contributed by atoms with E-state index in [1.807, 2.05) is 6.92 Å². The number of carbonyl (C=O) groups excluding carboxylic acids is 1. The van der Waals surface area contributed by atoms with Gasteiger partial charge in [-0.3, -0.25) is 10.1 Å². The van der Waals surface area contributed by atoms with Gasteiger partial charge in [-0.15, -0.1) is 11.3 Å². The van der Waals surface area contributed by atoms with Crippen LogP contribution >= 0.6 is 11.3 Å². The average Bonchev–Trinajstić information content (AvgIpc) is 2.99. The number of nitrogens with zero attached hydrogens (tertiary/aromatic N) is 2. The van der Waals surface area contributed by atoms with Crippen LogP contribution in [0.4, 0.5) is 5.13 Å². The molecule has 1 fully saturated rings. The molecule has 1 aliphatic heterocycles. The summed E-state index contributed by atoms with van der Waals surface area (Å²) in [7, 11) is -3.53. The van der Waals surface area contributed by atoms with Crippen molar-refractivity contribution in [3.05, 3.63) is 40.9 Å². The van der Waals surface area contributed by atoms with Gasteiger partial charge in [0.05, 0.1) is 4.90 Å². The second-order valence-electron chi connectivity index (χ2n) is 7.02. The normalized spacial score (nSPS) is 21.5. The highest BCUT2D eigenvalue weighted by atomic mass is 32.2. The van der Waals surface area contributed by atoms with Gasteiger partial charge in [-0.25, -0.2) is 13.4 Å². The van der Waals surface area contributed by atoms with Crippen LogP contribution in [-0.4, -0.2) is 36.7 Å². The highest BCUT2D eigenvalue weighted by Crippen LogP contribution is 2.27. The van der Waals surface area contributed by atoms with Crippen LogP contribution in [0.1, 0.15) is 35.5 Å². The van der Waals surface area contributed by atoms with Crippen molar-refractivity contribution in [2.75, 3.05) is 18.4 Å². The number of aromatic nitrogens is 1. The quantitative estimate of drug-likeness (QED) is 0.864. The smallest absolute Gasteiger partial charge is 0.257 e. The van der Waals surface area contributed by atoms with Gasteiger partial charge < -0.3 is 0 Å². The van der Waals surface area contributed by atoms with Gasteiger partial charge >= 0.3 is 0 Å². The van der Waals surface area contributed by atoms with Crippen LogP contribution < -0.4 is 5.32 Å². The molecular weight excluding hydrogens is 370 g/mol. The predicted octanol–water partition coefficient (Wildman–Crippen LogP) is 3.37. The molecule has 2 heterocycles. The van der Waals surface area contributed by atoms with E-state index in [9.17, 15) is 13.2 Å². The third kappa shape index (κ3) is 4.13. The summed E-state index contributed by atoms with van der Waals surface area (Å²) in [5, 5.41) is 3.25. The lowest BCUT2D eigenvalue weighted by molar-refractivity contribution is 0.102. The largest absolute Gasteiger partial charge is 0.298 e. The number of amides is 1. The molecule has 1 saturated heterocycles. The molecule has 1 aliphatic rings. The Morgan fingerprint density at radius 3 is 2.35 bits per heavy atom. The number of sulfonamides is 1. The van der Waals surface area contributed by atoms with Crippen molar-refractivity contribution in [2.45, 2.75) is 32.1 Å². The molecule has 0 bridgehead atoms. The van der Waals surface area contributed by atoms with E-state index in [4.69, 9.17) is 0 Å². The third-order valence-electron chi connectivity index (χ3n) is 4.43. The molecule has 6 nitrogen and oxygen atoms in total. The lowest BCUT2D eigenvalue weighted by Crippen LogP contribution is -2.42. The Kier molecular flexibility index (Phi) is 5.45. The van der Waals surface area contributed by atoms with Crippen molar-refractivity contribution in [3.8, 4) is 0 Å². The van der Waals surface area contributed by atoms with Crippen molar-refractivity contribution in [3.63, 3.8) is 0 Å². The topological polar surface area (TPSA) is 79.4 Å². The zero-order valence-electron chi connectivity index (χ0n) is 15.1. The summed E-state index contributed by atoms with van der Waals surface area (Å²) in [6, 6.07) is 6.08. The van der Waals surface area contributed by atoms with Crippen molar-refractivity contribution >= 4 is 32.4 Å². The van der Waals surface area contributed by atoms with E-state index >= 15 is 0 Å². The zero-order chi connectivity index (χ0) is 18.9. The summed E-state index contributed by atoms with van der Waals surface area (Å²) in [6.07, 6.45) is 2.73. The Morgan fingerprint density at radius 1 is 1.19 bits per heavy atom. The van der Waals surface area contributed by atoms with Crippen LogP contribution in [0.15, 0.2) is 35.4 Å². The molecular formula is C18H23N3O3S2. The summed E-state index contributed by atoms with van der Waals surface area (Å²) in [4.78, 5) is 17.6. The van der Waals surface area contributed by atoms with Gasteiger partial charge in [0.25, 0.3) is 5.91 Å². The average molecular weight is 394 g/mol. The zero-order valence-corrected chi connectivity index (χ0v) is 16.7. The highest BCUT2D eigenvalue weighted by molar-refractivity contribution is 7.89. The minimum absolute atomic E-state index is 0.223. The summed E-state index contributed by atoms with van der Waals surface area (Å²) in [5.41, 5.74) is 0.400. The van der Waals surface area contributed by atoms with Crippen molar-refractivity contribution in [1.29, 1.82) is 0 Å². The molecule has 2 unspecified atom stereocenters. The standard InChI is InChI=1S/C18H23N3O3S2/c1-12-8-13(2)11-21(10-12)26(23,24)16-6-4-15(5-7-16)17(22)20-18-19-9-14(3)25-18/h4-7,9,12-13H,8,10-11H2,1-3H3,(H,19,20,22). The molecule has 1 N–H and O–H groups in total. The Balaban J connectivity index is 1.75. The fourth-order valence-corrected chi connectivity index (χ4v) is 5.65. The number of rotatable bonds is 4. The van der Waals surface area contributed by atoms with Gasteiger partial charge in [0.1, 0.15) is 0 Å². The number of anilines is 1. The first-order chi connectivity index (χ1) is 12.3. The third-order valence-corrected chi connectivity index (χ3v) is 7.11. The number of hydrogen-bond donors (Lipinski definition) is 1. The number of nitrogens with one attached hydrogen (secondary N) is 1. The molecule has 0 radical (unpaired) electrons. The Labute approximate surface area is 158 Å². The van der Waals surface area contributed by atoms with E-state index in [2.05, 4.69) is 24.1 Å². The second kappa shape index (κ2) is 7.46. The number of benzene rings is 1. The molecule has 140 valence electrons. The minimum Gasteiger partial charge on any atom is -0.298 e. The van der Waals surface area contributed by atoms with Gasteiger partial charge in [0.2, 0.25) is 10.0 Å². The van der Waals surface area contributed by atoms with Crippen LogP contribution in [0.5, 0.6) is 0 Å². The molecule has 1 amide bonds. The summed E-state index contributed by atoms with van der Waals surface area (Å²) < 4.78 is 27.3. The molecule has 3 rings (SSSR count). The summed E-state index contributed by atoms with van der Waals surface area (Å²) in [5.74, 6) is 0.393. The minimum atomic E-state index is -3.53. The Bertz CT molecular complexity index is 881. The maximum Gasteiger partial charge on any atom is 0.257 e. The van der Waals surface area contributed by atoms with E-state index in [1.54, 1.807) is 22.6 Å². The number of carbonyl (C=O) groups is 1. The van der Waals surface area contributed by atoms with Crippen LogP contribution in [0.25, 0.3) is 0 Å². The maximum absolute atomic E-state index is 12.9. The van der Waals surface area contributed by atoms with Gasteiger partial charge in [0, 0.05) is 29.7 Å². The number of thiazole rings is 1. The lowest BCUT2D eigenvalue weighted by Gasteiger charge is -2.34. The number of aryl methyl sites for hydroxylation is 1. The van der Waals surface area contributed by atoms with E-state index in [0.717, 1.165) is 11.3 Å². The molecule has 2 atom stereocenters. The first-order valence-corrected chi connectivity index (χ1v) is 10.9. The van der Waals surface area contributed by atoms with E-state index < -0.39 is 10.0 Å². The molecule has 2 aromatic rings. The first-order valence-electron chi connectivity index (χ1n) is 8.59. The molecule has 1 aromatic heterocycles. The second-order valence-corrected chi connectivity index (χ2v) is 10.2. The van der Waals surface area contributed by atoms with Crippen molar-refractivity contribution in [1.82, 2.24) is 9.29 Å². The summed E-state index contributed by atoms with van der Waals surface area (Å²) >= 11 is 1.39. The Hall–Kier alpha value is -1.77. The molecule has 26 heavy (non-hydrogen) atoms. The van der Waals surface area contributed by atoms with Crippen molar-refractivity contribution in [2.24, 2.45) is 11.8 Å². The molecule has 0 saturated carbocycles. The SMILES string of the molecule is Cc1cnc(NC(=O)c2ccc(S(=O)(=O)N3CC(C)CC(C)C3)cc2)s1. The Morgan fingerprint density at radius 2 is 1.81 bits per heavy atom. The maximum atomic E-state index is 12.9. The van der Waals surface area contributed by atoms with E-state index in [0.29, 0.717) is 35.6 Å². The number of hydrogen-bond acceptors (Lipinski definition) is 5. The molecule has 1 aromatic carbocycles. The molecule has 0 aliphatic carbocycles. The fourth-order valence-electron chi connectivity index (χ4n) is 3.31. The van der Waals surface area contributed by atoms with Crippen LogP contribution in [0.2, 0.25) is 0 Å². The molecule has 0 spiro atoms. The highest BCUT2D eigenvalue weighted by Gasteiger charge is 2.31. The van der Waals surface area contributed by atoms with Crippen molar-refractivity contribution < 1.29 is 13.2 Å². The summed E-state index contributed by atoms with van der Waals surface area (Å²) in [6.45, 7) is 7.14. The van der Waals surface area contributed by atoms with Crippen LogP contribution in [0.3, 0.4) is 0 Å². The first kappa shape index (κ1) is 19.0. The van der Waals surface area contributed by atoms with E-state index in [1.165, 1.54) is 23.5 Å². The van der Waals surface area contributed by atoms with Gasteiger partial charge in [-0.1, -0.05) is 13.8 Å². The van der Waals surface area contributed by atoms with Gasteiger partial charge in [-0.05, 0) is 49.4 Å². The fraction of sp³-hybridized carbons (Fsp3) is 0.444. The van der Waals surface area contributed by atoms with Gasteiger partial charge in [-0.2, -0.15) is 4.31 Å². The predicted molar refractivity (Wildman–Crippen MR) is 103 cm³/mol. The van der Waals surface area contributed by atoms with Gasteiger partial charge in [0.15, 0.2) is 5.13 Å². The monoisotopic (exact) mass is 393 g/mol.